The quantitative estimate of drug-likeness (QED) is 0.749. The van der Waals surface area contributed by atoms with Crippen molar-refractivity contribution in [2.45, 2.75) is 32.6 Å². The predicted octanol–water partition coefficient (Wildman–Crippen LogP) is 4.11. The normalized spacial score (nSPS) is 16.4. The molecule has 1 aliphatic heterocycles. The molecule has 0 aromatic heterocycles. The average Bonchev–Trinajstić information content (AvgIpc) is 3.21. The molecule has 4 heteroatoms. The molecule has 2 aromatic rings. The van der Waals surface area contributed by atoms with Gasteiger partial charge in [-0.15, -0.1) is 0 Å². The van der Waals surface area contributed by atoms with Crippen LogP contribution in [-0.4, -0.2) is 44.1 Å². The lowest BCUT2D eigenvalue weighted by Crippen LogP contribution is -2.31. The Bertz CT molecular complexity index is 764. The fourth-order valence-electron chi connectivity index (χ4n) is 3.62. The Labute approximate surface area is 168 Å². The van der Waals surface area contributed by atoms with Crippen molar-refractivity contribution in [3.63, 3.8) is 0 Å². The molecular formula is C24H32N2O2. The number of rotatable bonds is 8. The molecular weight excluding hydrogens is 348 g/mol. The molecule has 150 valence electrons. The van der Waals surface area contributed by atoms with Gasteiger partial charge in [0, 0.05) is 12.6 Å². The van der Waals surface area contributed by atoms with E-state index in [9.17, 15) is 4.79 Å². The minimum atomic E-state index is 0.0464. The highest BCUT2D eigenvalue weighted by Crippen LogP contribution is 2.19. The van der Waals surface area contributed by atoms with Crippen molar-refractivity contribution in [1.29, 1.82) is 0 Å². The maximum Gasteiger partial charge on any atom is 0.253 e. The molecule has 0 saturated carbocycles. The molecule has 1 saturated heterocycles. The second-order valence-electron chi connectivity index (χ2n) is 8.06. The van der Waals surface area contributed by atoms with Gasteiger partial charge in [-0.05, 0) is 73.2 Å². The first-order chi connectivity index (χ1) is 13.5. The molecule has 1 atom stereocenters. The van der Waals surface area contributed by atoms with Crippen LogP contribution in [-0.2, 0) is 6.42 Å². The van der Waals surface area contributed by atoms with Gasteiger partial charge in [0.05, 0.1) is 6.54 Å². The maximum atomic E-state index is 12.8. The molecule has 1 aliphatic rings. The molecule has 3 rings (SSSR count). The zero-order chi connectivity index (χ0) is 19.9. The van der Waals surface area contributed by atoms with Gasteiger partial charge in [-0.3, -0.25) is 4.79 Å². The summed E-state index contributed by atoms with van der Waals surface area (Å²) in [4.78, 5) is 14.5. The average molecular weight is 381 g/mol. The van der Waals surface area contributed by atoms with Crippen LogP contribution in [0.4, 0.5) is 0 Å². The van der Waals surface area contributed by atoms with Crippen LogP contribution in [0.25, 0.3) is 0 Å². The Morgan fingerprint density at radius 3 is 2.68 bits per heavy atom. The van der Waals surface area contributed by atoms with E-state index >= 15 is 0 Å². The van der Waals surface area contributed by atoms with E-state index in [0.29, 0.717) is 25.0 Å². The summed E-state index contributed by atoms with van der Waals surface area (Å²) >= 11 is 0. The molecule has 1 amide bonds. The van der Waals surface area contributed by atoms with Crippen LogP contribution in [0.15, 0.2) is 48.5 Å². The van der Waals surface area contributed by atoms with E-state index in [0.717, 1.165) is 30.8 Å². The van der Waals surface area contributed by atoms with Crippen molar-refractivity contribution in [1.82, 2.24) is 10.2 Å². The number of hydrogen-bond acceptors (Lipinski definition) is 3. The van der Waals surface area contributed by atoms with Crippen molar-refractivity contribution in [2.24, 2.45) is 5.92 Å². The number of nitrogens with one attached hydrogen (secondary N) is 1. The second kappa shape index (κ2) is 9.74. The Morgan fingerprint density at radius 2 is 2.00 bits per heavy atom. The summed E-state index contributed by atoms with van der Waals surface area (Å²) in [7, 11) is 1.83. The molecule has 1 N–H and O–H groups in total. The third kappa shape index (κ3) is 5.59. The third-order valence-electron chi connectivity index (χ3n) is 5.45. The van der Waals surface area contributed by atoms with Crippen LogP contribution in [0.3, 0.4) is 0 Å². The number of amides is 1. The van der Waals surface area contributed by atoms with Gasteiger partial charge in [0.1, 0.15) is 12.4 Å². The number of nitrogens with zero attached hydrogens (tertiary/aromatic N) is 1. The van der Waals surface area contributed by atoms with Crippen molar-refractivity contribution < 1.29 is 9.53 Å². The van der Waals surface area contributed by atoms with E-state index < -0.39 is 0 Å². The van der Waals surface area contributed by atoms with E-state index in [-0.39, 0.29) is 5.91 Å². The van der Waals surface area contributed by atoms with E-state index in [1.54, 1.807) is 4.90 Å². The van der Waals surface area contributed by atoms with E-state index in [1.165, 1.54) is 17.5 Å². The molecule has 0 spiro atoms. The molecule has 1 fully saturated rings. The highest BCUT2D eigenvalue weighted by atomic mass is 16.5. The van der Waals surface area contributed by atoms with Gasteiger partial charge in [0.25, 0.3) is 5.91 Å². The Morgan fingerprint density at radius 1 is 1.21 bits per heavy atom. The fourth-order valence-corrected chi connectivity index (χ4v) is 3.62. The number of likely N-dealkylation sites (N-methyl/N-ethyl adjacent to an activating group) is 1. The molecule has 0 aliphatic carbocycles. The first-order valence-electron chi connectivity index (χ1n) is 10.3. The summed E-state index contributed by atoms with van der Waals surface area (Å²) in [6.45, 7) is 7.57. The maximum absolute atomic E-state index is 12.8. The number of ether oxygens (including phenoxy) is 1. The van der Waals surface area contributed by atoms with Crippen LogP contribution < -0.4 is 10.1 Å². The zero-order valence-corrected chi connectivity index (χ0v) is 17.3. The summed E-state index contributed by atoms with van der Waals surface area (Å²) in [6, 6.07) is 16.3. The van der Waals surface area contributed by atoms with Crippen LogP contribution in [0.1, 0.15) is 47.7 Å². The summed E-state index contributed by atoms with van der Waals surface area (Å²) in [5.41, 5.74) is 3.30. The lowest BCUT2D eigenvalue weighted by atomic mass is 9.97. The lowest BCUT2D eigenvalue weighted by molar-refractivity contribution is 0.0773. The fraction of sp³-hybridized carbons (Fsp3) is 0.458. The van der Waals surface area contributed by atoms with Crippen LogP contribution in [0.2, 0.25) is 0 Å². The Kier molecular flexibility index (Phi) is 7.10. The molecule has 4 nitrogen and oxygen atoms in total. The minimum Gasteiger partial charge on any atom is -0.492 e. The highest BCUT2D eigenvalue weighted by molar-refractivity contribution is 5.94. The molecule has 0 radical (unpaired) electrons. The van der Waals surface area contributed by atoms with Gasteiger partial charge in [-0.2, -0.15) is 0 Å². The summed E-state index contributed by atoms with van der Waals surface area (Å²) in [6.07, 6.45) is 2.25. The number of carbonyl (C=O) groups is 1. The van der Waals surface area contributed by atoms with E-state index in [4.69, 9.17) is 4.74 Å². The monoisotopic (exact) mass is 380 g/mol. The summed E-state index contributed by atoms with van der Waals surface area (Å²) < 4.78 is 5.81. The van der Waals surface area contributed by atoms with Gasteiger partial charge >= 0.3 is 0 Å². The van der Waals surface area contributed by atoms with Crippen molar-refractivity contribution >= 4 is 5.91 Å². The number of hydrogen-bond donors (Lipinski definition) is 1. The number of benzene rings is 2. The summed E-state index contributed by atoms with van der Waals surface area (Å²) in [5.74, 6) is 2.08. The van der Waals surface area contributed by atoms with Crippen LogP contribution in [0, 0.1) is 5.92 Å². The second-order valence-corrected chi connectivity index (χ2v) is 8.06. The standard InChI is InChI=1S/C24H32N2O2/c1-18(2)21-7-9-23(10-8-21)28-14-13-26(3)24(27)22-6-4-5-19(16-22)15-20-11-12-25-17-20/h4-10,16,18,20,25H,11-15,17H2,1-3H3. The molecule has 2 aromatic carbocycles. The smallest absolute Gasteiger partial charge is 0.253 e. The molecule has 1 unspecified atom stereocenters. The van der Waals surface area contributed by atoms with Gasteiger partial charge in [-0.25, -0.2) is 0 Å². The Hall–Kier alpha value is -2.33. The van der Waals surface area contributed by atoms with Gasteiger partial charge < -0.3 is 15.0 Å². The first kappa shape index (κ1) is 20.4. The van der Waals surface area contributed by atoms with E-state index in [2.05, 4.69) is 37.4 Å². The number of carbonyl (C=O) groups excluding carboxylic acids is 1. The zero-order valence-electron chi connectivity index (χ0n) is 17.3. The van der Waals surface area contributed by atoms with Crippen LogP contribution >= 0.6 is 0 Å². The van der Waals surface area contributed by atoms with Gasteiger partial charge in [0.2, 0.25) is 0 Å². The molecule has 0 bridgehead atoms. The third-order valence-corrected chi connectivity index (χ3v) is 5.45. The molecule has 1 heterocycles. The molecule has 28 heavy (non-hydrogen) atoms. The van der Waals surface area contributed by atoms with Crippen LogP contribution in [0.5, 0.6) is 5.75 Å². The lowest BCUT2D eigenvalue weighted by Gasteiger charge is -2.18. The van der Waals surface area contributed by atoms with E-state index in [1.807, 2.05) is 37.4 Å². The first-order valence-corrected chi connectivity index (χ1v) is 10.3. The largest absolute Gasteiger partial charge is 0.492 e. The topological polar surface area (TPSA) is 41.6 Å². The van der Waals surface area contributed by atoms with Crippen molar-refractivity contribution in [3.8, 4) is 5.75 Å². The van der Waals surface area contributed by atoms with Gasteiger partial charge in [0.15, 0.2) is 0 Å². The highest BCUT2D eigenvalue weighted by Gasteiger charge is 2.17. The Balaban J connectivity index is 1.49. The minimum absolute atomic E-state index is 0.0464. The SMILES string of the molecule is CC(C)c1ccc(OCCN(C)C(=O)c2cccc(CC3CCNC3)c2)cc1. The van der Waals surface area contributed by atoms with Gasteiger partial charge in [-0.1, -0.05) is 38.1 Å². The predicted molar refractivity (Wildman–Crippen MR) is 114 cm³/mol. The van der Waals surface area contributed by atoms with Crippen molar-refractivity contribution in [3.05, 3.63) is 65.2 Å². The summed E-state index contributed by atoms with van der Waals surface area (Å²) in [5, 5.41) is 3.40. The van der Waals surface area contributed by atoms with Crippen molar-refractivity contribution in [2.75, 3.05) is 33.3 Å².